The molecule has 3 atom stereocenters. The van der Waals surface area contributed by atoms with Crippen LogP contribution in [0.2, 0.25) is 0 Å². The Bertz CT molecular complexity index is 1340. The van der Waals surface area contributed by atoms with Crippen molar-refractivity contribution in [3.05, 3.63) is 54.1 Å². The molecule has 0 saturated heterocycles. The highest BCUT2D eigenvalue weighted by atomic mass is 32.2. The number of nitrogens with zero attached hydrogens (tertiary/aromatic N) is 5. The topological polar surface area (TPSA) is 108 Å². The Hall–Kier alpha value is -2.78. The van der Waals surface area contributed by atoms with Gasteiger partial charge in [-0.15, -0.1) is 10.2 Å². The van der Waals surface area contributed by atoms with E-state index in [-0.39, 0.29) is 16.9 Å². The largest absolute Gasteiger partial charge is 0.328 e. The van der Waals surface area contributed by atoms with Crippen LogP contribution in [0.4, 0.5) is 0 Å². The first-order chi connectivity index (χ1) is 14.4. The highest BCUT2D eigenvalue weighted by Crippen LogP contribution is 2.40. The lowest BCUT2D eigenvalue weighted by molar-refractivity contribution is 0.450. The molecule has 0 amide bonds. The molecule has 1 aliphatic rings. The van der Waals surface area contributed by atoms with Crippen LogP contribution in [-0.4, -0.2) is 38.0 Å². The molecule has 1 saturated carbocycles. The van der Waals surface area contributed by atoms with E-state index in [9.17, 15) is 8.42 Å². The molecule has 1 aromatic carbocycles. The lowest BCUT2D eigenvalue weighted by Gasteiger charge is -2.16. The fraction of sp³-hybridized carbons (Fsp3) is 0.381. The molecular formula is C21H24N6O2S. The zero-order valence-electron chi connectivity index (χ0n) is 16.9. The maximum absolute atomic E-state index is 13.2. The van der Waals surface area contributed by atoms with E-state index in [1.807, 2.05) is 11.3 Å². The summed E-state index contributed by atoms with van der Waals surface area (Å²) in [5, 5.41) is 8.76. The van der Waals surface area contributed by atoms with Crippen molar-refractivity contribution in [1.82, 2.24) is 23.6 Å². The lowest BCUT2D eigenvalue weighted by atomic mass is 9.93. The van der Waals surface area contributed by atoms with Gasteiger partial charge >= 0.3 is 0 Å². The standard InChI is InChI=1S/C21H24N6O2S/c1-3-14-10-15(22)11-17(14)20-25-24-19-12-23-21-18(27(19)20)8-9-26(21)30(28,29)16-6-4-13(2)5-7-16/h4-9,12,14-15,17H,3,10-11,22H2,1-2H3. The predicted molar refractivity (Wildman–Crippen MR) is 114 cm³/mol. The molecule has 2 N–H and O–H groups in total. The Kier molecular flexibility index (Phi) is 4.41. The molecule has 5 rings (SSSR count). The van der Waals surface area contributed by atoms with E-state index in [2.05, 4.69) is 22.1 Å². The van der Waals surface area contributed by atoms with Gasteiger partial charge < -0.3 is 5.73 Å². The summed E-state index contributed by atoms with van der Waals surface area (Å²) < 4.78 is 29.7. The minimum absolute atomic E-state index is 0.149. The molecule has 1 fully saturated rings. The van der Waals surface area contributed by atoms with Crippen LogP contribution in [-0.2, 0) is 10.0 Å². The predicted octanol–water partition coefficient (Wildman–Crippen LogP) is 2.86. The van der Waals surface area contributed by atoms with Crippen molar-refractivity contribution in [3.63, 3.8) is 0 Å². The number of hydrogen-bond acceptors (Lipinski definition) is 6. The van der Waals surface area contributed by atoms with E-state index in [4.69, 9.17) is 5.73 Å². The van der Waals surface area contributed by atoms with E-state index < -0.39 is 10.0 Å². The van der Waals surface area contributed by atoms with Crippen molar-refractivity contribution in [2.75, 3.05) is 0 Å². The second kappa shape index (κ2) is 6.88. The molecular weight excluding hydrogens is 400 g/mol. The van der Waals surface area contributed by atoms with Crippen molar-refractivity contribution < 1.29 is 8.42 Å². The first-order valence-electron chi connectivity index (χ1n) is 10.2. The molecule has 30 heavy (non-hydrogen) atoms. The fourth-order valence-electron chi connectivity index (χ4n) is 4.65. The zero-order chi connectivity index (χ0) is 21.0. The summed E-state index contributed by atoms with van der Waals surface area (Å²) in [5.41, 5.74) is 8.89. The third-order valence-electron chi connectivity index (χ3n) is 6.23. The van der Waals surface area contributed by atoms with Crippen molar-refractivity contribution >= 4 is 26.8 Å². The van der Waals surface area contributed by atoms with Gasteiger partial charge in [-0.3, -0.25) is 4.40 Å². The lowest BCUT2D eigenvalue weighted by Crippen LogP contribution is -2.15. The summed E-state index contributed by atoms with van der Waals surface area (Å²) >= 11 is 0. The van der Waals surface area contributed by atoms with Gasteiger partial charge in [-0.1, -0.05) is 31.0 Å². The van der Waals surface area contributed by atoms with Crippen molar-refractivity contribution in [1.29, 1.82) is 0 Å². The molecule has 3 unspecified atom stereocenters. The first kappa shape index (κ1) is 19.2. The van der Waals surface area contributed by atoms with Gasteiger partial charge in [0.1, 0.15) is 5.82 Å². The molecule has 4 aromatic rings. The Morgan fingerprint density at radius 3 is 2.63 bits per heavy atom. The number of fused-ring (bicyclic) bond motifs is 3. The molecule has 3 heterocycles. The second-order valence-corrected chi connectivity index (χ2v) is 9.97. The molecule has 1 aliphatic carbocycles. The maximum atomic E-state index is 13.2. The number of benzene rings is 1. The molecule has 0 bridgehead atoms. The van der Waals surface area contributed by atoms with E-state index in [0.29, 0.717) is 22.7 Å². The average Bonchev–Trinajstić information content (AvgIpc) is 3.43. The third-order valence-corrected chi connectivity index (χ3v) is 7.91. The van der Waals surface area contributed by atoms with Crippen molar-refractivity contribution in [3.8, 4) is 0 Å². The van der Waals surface area contributed by atoms with E-state index in [1.165, 1.54) is 3.97 Å². The molecule has 9 heteroatoms. The van der Waals surface area contributed by atoms with Crippen LogP contribution in [0.5, 0.6) is 0 Å². The van der Waals surface area contributed by atoms with E-state index >= 15 is 0 Å². The van der Waals surface area contributed by atoms with Gasteiger partial charge in [0, 0.05) is 18.2 Å². The Morgan fingerprint density at radius 2 is 1.90 bits per heavy atom. The Morgan fingerprint density at radius 1 is 1.13 bits per heavy atom. The minimum atomic E-state index is -3.77. The molecule has 3 aromatic heterocycles. The molecule has 156 valence electrons. The Labute approximate surface area is 174 Å². The van der Waals surface area contributed by atoms with Crippen molar-refractivity contribution in [2.24, 2.45) is 11.7 Å². The third kappa shape index (κ3) is 2.84. The summed E-state index contributed by atoms with van der Waals surface area (Å²) in [5.74, 6) is 1.47. The van der Waals surface area contributed by atoms with E-state index in [0.717, 1.165) is 30.7 Å². The zero-order valence-corrected chi connectivity index (χ0v) is 17.7. The van der Waals surface area contributed by atoms with Gasteiger partial charge in [-0.25, -0.2) is 17.4 Å². The molecule has 0 aliphatic heterocycles. The highest BCUT2D eigenvalue weighted by Gasteiger charge is 2.36. The maximum Gasteiger partial charge on any atom is 0.269 e. The summed E-state index contributed by atoms with van der Waals surface area (Å²) in [6.45, 7) is 4.09. The van der Waals surface area contributed by atoms with Gasteiger partial charge in [0.2, 0.25) is 0 Å². The summed E-state index contributed by atoms with van der Waals surface area (Å²) in [7, 11) is -3.77. The Balaban J connectivity index is 1.69. The summed E-state index contributed by atoms with van der Waals surface area (Å²) in [6.07, 6.45) is 5.96. The molecule has 0 spiro atoms. The van der Waals surface area contributed by atoms with E-state index in [1.54, 1.807) is 42.7 Å². The number of hydrogen-bond donors (Lipinski definition) is 1. The van der Waals surface area contributed by atoms with Crippen LogP contribution in [0.25, 0.3) is 16.8 Å². The quantitative estimate of drug-likeness (QED) is 0.540. The fourth-order valence-corrected chi connectivity index (χ4v) is 5.94. The second-order valence-electron chi connectivity index (χ2n) is 8.15. The smallest absolute Gasteiger partial charge is 0.269 e. The van der Waals surface area contributed by atoms with Gasteiger partial charge in [-0.2, -0.15) is 0 Å². The van der Waals surface area contributed by atoms with Crippen molar-refractivity contribution in [2.45, 2.75) is 50.0 Å². The van der Waals surface area contributed by atoms with Crippen LogP contribution in [0.1, 0.15) is 43.5 Å². The highest BCUT2D eigenvalue weighted by molar-refractivity contribution is 7.90. The van der Waals surface area contributed by atoms with Gasteiger partial charge in [-0.05, 0) is 43.9 Å². The number of aromatic nitrogens is 5. The minimum Gasteiger partial charge on any atom is -0.328 e. The van der Waals surface area contributed by atoms with Crippen LogP contribution in [0, 0.1) is 12.8 Å². The molecule has 0 radical (unpaired) electrons. The summed E-state index contributed by atoms with van der Waals surface area (Å²) in [4.78, 5) is 4.63. The molecule has 8 nitrogen and oxygen atoms in total. The number of rotatable bonds is 4. The van der Waals surface area contributed by atoms with Gasteiger partial charge in [0.15, 0.2) is 11.3 Å². The van der Waals surface area contributed by atoms with Gasteiger partial charge in [0.05, 0.1) is 16.6 Å². The average molecular weight is 425 g/mol. The van der Waals surface area contributed by atoms with Crippen LogP contribution in [0.3, 0.4) is 0 Å². The normalized spacial score (nSPS) is 22.3. The van der Waals surface area contributed by atoms with Crippen LogP contribution >= 0.6 is 0 Å². The van der Waals surface area contributed by atoms with Gasteiger partial charge in [0.25, 0.3) is 10.0 Å². The number of aryl methyl sites for hydroxylation is 1. The first-order valence-corrected chi connectivity index (χ1v) is 11.6. The van der Waals surface area contributed by atoms with Crippen LogP contribution < -0.4 is 5.73 Å². The SMILES string of the molecule is CCC1CC(N)CC1c1nnc2cnc3c(ccn3S(=O)(=O)c3ccc(C)cc3)n12. The monoisotopic (exact) mass is 424 g/mol. The summed E-state index contributed by atoms with van der Waals surface area (Å²) in [6, 6.07) is 8.72. The number of nitrogens with two attached hydrogens (primary N) is 1. The van der Waals surface area contributed by atoms with Crippen LogP contribution in [0.15, 0.2) is 47.6 Å².